The first-order valence-corrected chi connectivity index (χ1v) is 26.4. The highest BCUT2D eigenvalue weighted by atomic mass is 32.1. The summed E-state index contributed by atoms with van der Waals surface area (Å²) in [5.41, 5.74) is 16.5. The monoisotopic (exact) mass is 1280 g/mol. The van der Waals surface area contributed by atoms with Crippen molar-refractivity contribution in [3.05, 3.63) is 206 Å². The number of ether oxygens (including phenoxy) is 2. The third-order valence-electron chi connectivity index (χ3n) is 11.9. The molecule has 0 radical (unpaired) electrons. The second-order valence-electron chi connectivity index (χ2n) is 18.4. The number of nitrogens with zero attached hydrogens (tertiary/aromatic N) is 8. The van der Waals surface area contributed by atoms with Crippen molar-refractivity contribution < 1.29 is 68.7 Å². The van der Waals surface area contributed by atoms with E-state index in [4.69, 9.17) is 35.6 Å². The molecule has 10 aromatic rings. The van der Waals surface area contributed by atoms with Crippen LogP contribution in [0, 0.1) is 11.6 Å². The predicted octanol–water partition coefficient (Wildman–Crippen LogP) is 7.70. The summed E-state index contributed by atoms with van der Waals surface area (Å²) in [5.74, 6) is -2.84. The number of Topliss-reactive ketones (excluding diaryl/α,β-unsaturated/α-hetero) is 2. The second kappa shape index (κ2) is 39.9. The van der Waals surface area contributed by atoms with Gasteiger partial charge < -0.3 is 51.3 Å². The van der Waals surface area contributed by atoms with Gasteiger partial charge in [0.1, 0.15) is 17.5 Å². The minimum atomic E-state index is -1.19. The van der Waals surface area contributed by atoms with Crippen molar-refractivity contribution >= 4 is 50.5 Å². The van der Waals surface area contributed by atoms with Crippen LogP contribution in [0.3, 0.4) is 0 Å². The zero-order valence-corrected chi connectivity index (χ0v) is 49.4. The number of benzene rings is 4. The number of aliphatic hydroxyl groups is 3. The lowest BCUT2D eigenvalue weighted by atomic mass is 10.1. The number of pyridine rings is 2. The fourth-order valence-corrected chi connectivity index (χ4v) is 7.57. The normalized spacial score (nSPS) is 10.6. The minimum Gasteiger partial charge on any atom is -0.550 e. The van der Waals surface area contributed by atoms with Gasteiger partial charge in [-0.3, -0.25) is 33.9 Å². The van der Waals surface area contributed by atoms with Crippen molar-refractivity contribution in [3.8, 4) is 68.3 Å². The topological polar surface area (TPSA) is 363 Å². The van der Waals surface area contributed by atoms with Crippen LogP contribution in [0.5, 0.6) is 23.3 Å². The lowest BCUT2D eigenvalue weighted by Gasteiger charge is -2.08. The predicted molar refractivity (Wildman–Crippen MR) is 343 cm³/mol. The van der Waals surface area contributed by atoms with Gasteiger partial charge in [0.15, 0.2) is 23.2 Å². The van der Waals surface area contributed by atoms with Gasteiger partial charge in [-0.2, -0.15) is 47.4 Å². The largest absolute Gasteiger partial charge is 0.550 e. The Labute approximate surface area is 532 Å². The summed E-state index contributed by atoms with van der Waals surface area (Å²) in [4.78, 5) is 50.9. The van der Waals surface area contributed by atoms with Gasteiger partial charge in [-0.1, -0.05) is 75.5 Å². The lowest BCUT2D eigenvalue weighted by Crippen LogP contribution is -2.64. The molecule has 10 rings (SSSR count). The van der Waals surface area contributed by atoms with Gasteiger partial charge in [0.2, 0.25) is 0 Å². The van der Waals surface area contributed by atoms with Crippen molar-refractivity contribution in [2.75, 3.05) is 20.3 Å². The number of carbonyl (C=O) groups is 4. The molecule has 23 nitrogen and oxygen atoms in total. The van der Waals surface area contributed by atoms with Crippen LogP contribution in [0.4, 0.5) is 8.78 Å². The second-order valence-corrected chi connectivity index (χ2v) is 18.4. The van der Waals surface area contributed by atoms with E-state index < -0.39 is 23.6 Å². The number of nitrogens with one attached hydrogen (secondary N) is 2. The van der Waals surface area contributed by atoms with Crippen LogP contribution in [0.1, 0.15) is 61.3 Å². The maximum atomic E-state index is 14.4. The Hall–Kier alpha value is -9.74. The summed E-state index contributed by atoms with van der Waals surface area (Å²) in [6, 6.07) is 41.0. The maximum absolute atomic E-state index is 14.4. The quantitative estimate of drug-likeness (QED) is 0.0301. The Morgan fingerprint density at radius 3 is 1.36 bits per heavy atom. The molecule has 6 aromatic heterocycles. The van der Waals surface area contributed by atoms with Crippen LogP contribution in [-0.4, -0.2) is 126 Å². The van der Waals surface area contributed by atoms with Crippen LogP contribution in [0.25, 0.3) is 45.0 Å². The highest BCUT2D eigenvalue weighted by Crippen LogP contribution is 2.30. The highest BCUT2D eigenvalue weighted by Gasteiger charge is 2.15. The van der Waals surface area contributed by atoms with E-state index in [1.165, 1.54) is 24.5 Å². The van der Waals surface area contributed by atoms with Gasteiger partial charge in [0.05, 0.1) is 55.5 Å². The summed E-state index contributed by atoms with van der Waals surface area (Å²) in [7, 11) is 1.00. The summed E-state index contributed by atoms with van der Waals surface area (Å²) in [5, 5.41) is 65.7. The van der Waals surface area contributed by atoms with E-state index in [0.717, 1.165) is 29.6 Å². The number of carboxylic acids is 2. The molecule has 4 aromatic carbocycles. The van der Waals surface area contributed by atoms with Crippen LogP contribution in [-0.2, 0) is 22.7 Å². The van der Waals surface area contributed by atoms with Crippen LogP contribution < -0.4 is 26.0 Å². The molecule has 2 atom stereocenters. The Kier molecular flexibility index (Phi) is 33.9. The molecule has 0 bridgehead atoms. The molecular formula is C63H74F2N12O11S2. The van der Waals surface area contributed by atoms with E-state index in [1.54, 1.807) is 119 Å². The molecule has 0 aliphatic heterocycles. The van der Waals surface area contributed by atoms with Crippen molar-refractivity contribution in [1.29, 1.82) is 0 Å². The first-order valence-electron chi connectivity index (χ1n) is 26.4. The number of ketones is 2. The van der Waals surface area contributed by atoms with Gasteiger partial charge in [0, 0.05) is 103 Å². The number of aromatic nitrogens is 10. The highest BCUT2D eigenvalue weighted by molar-refractivity contribution is 7.59. The Bertz CT molecular complexity index is 3440. The van der Waals surface area contributed by atoms with E-state index in [9.17, 15) is 33.1 Å². The number of hydrogen-bond acceptors (Lipinski definition) is 17. The number of H-pyrrole nitrogens is 2. The molecule has 0 aliphatic rings. The zero-order valence-electron chi connectivity index (χ0n) is 47.4. The Morgan fingerprint density at radius 1 is 0.589 bits per heavy atom. The van der Waals surface area contributed by atoms with E-state index in [0.29, 0.717) is 58.2 Å². The number of quaternary nitrogens is 1. The van der Waals surface area contributed by atoms with Gasteiger partial charge in [-0.15, -0.1) is 0 Å². The lowest BCUT2D eigenvalue weighted by molar-refractivity contribution is -0.428. The van der Waals surface area contributed by atoms with Crippen LogP contribution in [0.2, 0.25) is 0 Å². The van der Waals surface area contributed by atoms with Gasteiger partial charge in [0.25, 0.3) is 11.8 Å². The average Bonchev–Trinajstić information content (AvgIpc) is 1.79. The minimum absolute atomic E-state index is 0. The standard InChI is InChI=1S/2C20H19FN6O2.2C10H10O3.CH4O.2CH4.2H2S/c2*21-17-9-14(18-5-7-24-25-18)10-23-20(17)29-16-3-1-13(2-4-16)19-6-8-27(26-19)11-15(22)12-28;2*11-9(6-7-10(12)13)8-4-2-1-3-5-8;1-2;;;;/h2*1-10,15,28H,11-12,22H2,(H,24,25);2*1-5H,6-7H2,(H,12,13);2H,1H3;2*1H4;2*1H2/t2*15-;;;;;;;/m00......./s1. The van der Waals surface area contributed by atoms with Gasteiger partial charge >= 0.3 is 5.97 Å². The molecule has 27 heteroatoms. The zero-order chi connectivity index (χ0) is 61.8. The molecule has 0 amide bonds. The molecule has 478 valence electrons. The Balaban J connectivity index is 0.000000424. The fraction of sp³-hybridized carbons (Fsp3) is 0.206. The number of rotatable bonds is 22. The van der Waals surface area contributed by atoms with Crippen molar-refractivity contribution in [2.45, 2.75) is 65.7 Å². The molecule has 6 heterocycles. The molecule has 90 heavy (non-hydrogen) atoms. The Morgan fingerprint density at radius 2 is 1.00 bits per heavy atom. The van der Waals surface area contributed by atoms with Gasteiger partial charge in [-0.25, -0.2) is 18.7 Å². The smallest absolute Gasteiger partial charge is 0.303 e. The van der Waals surface area contributed by atoms with E-state index in [1.807, 2.05) is 48.7 Å². The fourth-order valence-electron chi connectivity index (χ4n) is 7.57. The molecule has 0 aliphatic carbocycles. The first-order chi connectivity index (χ1) is 41.6. The molecule has 0 fully saturated rings. The number of carbonyl (C=O) groups excluding carboxylic acids is 3. The molecular weight excluding hydrogens is 1200 g/mol. The number of carboxylic acid groups (broad SMARTS) is 2. The average molecular weight is 1280 g/mol. The molecule has 0 spiro atoms. The number of aromatic amines is 2. The molecule has 0 unspecified atom stereocenters. The molecule has 0 saturated carbocycles. The van der Waals surface area contributed by atoms with Crippen molar-refractivity contribution in [2.24, 2.45) is 5.73 Å². The number of nitrogens with two attached hydrogens (primary N) is 1. The van der Waals surface area contributed by atoms with E-state index >= 15 is 0 Å². The molecule has 0 saturated heterocycles. The summed E-state index contributed by atoms with van der Waals surface area (Å²) >= 11 is 0. The van der Waals surface area contributed by atoms with Gasteiger partial charge in [-0.05, 0) is 91.3 Å². The first kappa shape index (κ1) is 76.4. The molecule has 11 N–H and O–H groups in total. The summed E-state index contributed by atoms with van der Waals surface area (Å²) < 4.78 is 43.3. The SMILES string of the molecule is C.C.CO.N[C@H](CO)Cn1ccc(-c2ccc(Oc3ncc(-c4ccn[nH]4)cc3F)cc2)n1.O=C(O)CCC(=O)c1ccccc1.O=C([O-])CCC(=O)c1ccccc1.S.S.[NH3+][C@H](CO)Cn1ccc(-c2ccc(Oc3ncc(-c4ccn[nH]4)cc3F)cc2)n1. The summed E-state index contributed by atoms with van der Waals surface area (Å²) in [6.45, 7) is 0.873. The number of hydrogen-bond donors (Lipinski definition) is 8. The number of halogens is 2. The van der Waals surface area contributed by atoms with Crippen molar-refractivity contribution in [1.82, 2.24) is 49.9 Å². The number of aliphatic hydroxyl groups excluding tert-OH is 3. The summed E-state index contributed by atoms with van der Waals surface area (Å²) in [6.07, 6.45) is 9.62. The maximum Gasteiger partial charge on any atom is 0.303 e. The van der Waals surface area contributed by atoms with E-state index in [-0.39, 0.29) is 116 Å². The van der Waals surface area contributed by atoms with Crippen molar-refractivity contribution in [3.63, 3.8) is 0 Å². The van der Waals surface area contributed by atoms with Crippen LogP contribution >= 0.6 is 27.0 Å². The van der Waals surface area contributed by atoms with E-state index in [2.05, 4.69) is 46.3 Å². The third-order valence-corrected chi connectivity index (χ3v) is 11.9. The van der Waals surface area contributed by atoms with Crippen LogP contribution in [0.15, 0.2) is 183 Å². The third kappa shape index (κ3) is 24.4. The number of aliphatic carboxylic acids is 2.